The molecule has 1 saturated heterocycles. The number of nitrogens with one attached hydrogen (secondary N) is 1. The van der Waals surface area contributed by atoms with Crippen LogP contribution in [0.5, 0.6) is 0 Å². The Morgan fingerprint density at radius 3 is 1.33 bits per heavy atom. The van der Waals surface area contributed by atoms with E-state index in [-0.39, 0.29) is 30.4 Å². The van der Waals surface area contributed by atoms with Gasteiger partial charge in [-0.3, -0.25) is 9.59 Å². The van der Waals surface area contributed by atoms with E-state index < -0.39 is 0 Å². The monoisotopic (exact) mass is 725 g/mol. The summed E-state index contributed by atoms with van der Waals surface area (Å²) in [5, 5.41) is 13.3. The lowest BCUT2D eigenvalue weighted by Crippen LogP contribution is -2.56. The van der Waals surface area contributed by atoms with Crippen molar-refractivity contribution in [3.8, 4) is 0 Å². The van der Waals surface area contributed by atoms with E-state index in [0.717, 1.165) is 122 Å². The number of esters is 2. The fourth-order valence-corrected chi connectivity index (χ4v) is 7.19. The van der Waals surface area contributed by atoms with Gasteiger partial charge in [0.25, 0.3) is 0 Å². The predicted octanol–water partition coefficient (Wildman–Crippen LogP) is 11.2. The summed E-state index contributed by atoms with van der Waals surface area (Å²) < 4.78 is 11.6. The molecule has 7 nitrogen and oxygen atoms in total. The van der Waals surface area contributed by atoms with Gasteiger partial charge in [0.2, 0.25) is 0 Å². The minimum Gasteiger partial charge on any atom is -0.465 e. The van der Waals surface area contributed by atoms with Crippen LogP contribution in [0, 0.1) is 11.8 Å². The molecule has 1 aliphatic rings. The second-order valence-electron chi connectivity index (χ2n) is 15.5. The highest BCUT2D eigenvalue weighted by atomic mass is 16.5. The number of nitrogens with zero attached hydrogens (tertiary/aromatic N) is 1. The van der Waals surface area contributed by atoms with E-state index in [1.165, 1.54) is 64.2 Å². The average Bonchev–Trinajstić information content (AvgIpc) is 3.12. The molecule has 0 amide bonds. The number of unbranched alkanes of at least 4 members (excludes halogenated alkanes) is 12. The third-order valence-corrected chi connectivity index (χ3v) is 10.2. The van der Waals surface area contributed by atoms with E-state index in [0.29, 0.717) is 25.3 Å². The minimum absolute atomic E-state index is 0.0196. The second-order valence-corrected chi connectivity index (χ2v) is 15.5. The molecule has 0 radical (unpaired) electrons. The highest BCUT2D eigenvalue weighted by Gasteiger charge is 2.26. The number of rotatable bonds is 33. The molecule has 3 unspecified atom stereocenters. The van der Waals surface area contributed by atoms with Crippen LogP contribution in [0.4, 0.5) is 0 Å². The average molecular weight is 725 g/mol. The molecule has 1 fully saturated rings. The van der Waals surface area contributed by atoms with Crippen LogP contribution in [0.25, 0.3) is 0 Å². The molecule has 1 rings (SSSR count). The van der Waals surface area contributed by atoms with Crippen molar-refractivity contribution < 1.29 is 24.2 Å². The summed E-state index contributed by atoms with van der Waals surface area (Å²) in [6.45, 7) is 17.3. The first kappa shape index (κ1) is 49.8. The van der Waals surface area contributed by atoms with E-state index in [2.05, 4.69) is 51.8 Å². The van der Waals surface area contributed by atoms with E-state index in [4.69, 9.17) is 9.47 Å². The molecule has 7 heteroatoms. The second kappa shape index (κ2) is 37.1. The number of aliphatic hydroxyl groups excluding tert-OH is 1. The normalized spacial score (nSPS) is 16.9. The fourth-order valence-electron chi connectivity index (χ4n) is 7.19. The molecule has 2 N–H and O–H groups in total. The maximum absolute atomic E-state index is 13.0. The number of ether oxygens (including phenoxy) is 2. The lowest BCUT2D eigenvalue weighted by molar-refractivity contribution is -0.150. The van der Waals surface area contributed by atoms with Gasteiger partial charge in [0.15, 0.2) is 0 Å². The largest absolute Gasteiger partial charge is 0.465 e. The lowest BCUT2D eigenvalue weighted by atomic mass is 9.94. The fraction of sp³-hybridized carbons (Fsp3) is 0.955. The minimum atomic E-state index is 0.0196. The van der Waals surface area contributed by atoms with Crippen LogP contribution in [-0.4, -0.2) is 73.5 Å². The number of aliphatic hydroxyl groups is 1. The first-order valence-corrected chi connectivity index (χ1v) is 22.3. The Morgan fingerprint density at radius 1 is 0.569 bits per heavy atom. The van der Waals surface area contributed by atoms with Gasteiger partial charge in [-0.1, -0.05) is 138 Å². The first-order valence-electron chi connectivity index (χ1n) is 22.3. The van der Waals surface area contributed by atoms with Crippen molar-refractivity contribution in [2.24, 2.45) is 11.8 Å². The van der Waals surface area contributed by atoms with Crippen molar-refractivity contribution in [1.29, 1.82) is 0 Å². The molecule has 1 aliphatic heterocycles. The molecule has 0 aliphatic carbocycles. The molecule has 0 bridgehead atoms. The number of carbonyl (C=O) groups is 2. The van der Waals surface area contributed by atoms with Crippen LogP contribution >= 0.6 is 0 Å². The summed E-state index contributed by atoms with van der Waals surface area (Å²) in [6.07, 6.45) is 28.6. The summed E-state index contributed by atoms with van der Waals surface area (Å²) in [6, 6.07) is 0.820. The molecule has 51 heavy (non-hydrogen) atoms. The van der Waals surface area contributed by atoms with Gasteiger partial charge in [-0.05, 0) is 70.6 Å². The Hall–Kier alpha value is -1.18. The smallest absolute Gasteiger partial charge is 0.308 e. The van der Waals surface area contributed by atoms with Crippen LogP contribution in [0.1, 0.15) is 208 Å². The predicted molar refractivity (Wildman–Crippen MR) is 217 cm³/mol. The van der Waals surface area contributed by atoms with Gasteiger partial charge >= 0.3 is 11.9 Å². The SMILES string of the molecule is CCC.CCCCCCC(CCCC)C(=O)OCCCCC1CN(CCCO)CC(CCCCOC(=O)C(CCCCCC)CCCCCC)N1. The Labute approximate surface area is 317 Å². The third-order valence-electron chi connectivity index (χ3n) is 10.2. The van der Waals surface area contributed by atoms with E-state index >= 15 is 0 Å². The number of hydrogen-bond donors (Lipinski definition) is 2. The zero-order chi connectivity index (χ0) is 37.8. The lowest BCUT2D eigenvalue weighted by Gasteiger charge is -2.39. The van der Waals surface area contributed by atoms with Gasteiger partial charge < -0.3 is 24.8 Å². The molecule has 3 atom stereocenters. The highest BCUT2D eigenvalue weighted by Crippen LogP contribution is 2.22. The van der Waals surface area contributed by atoms with Crippen molar-refractivity contribution >= 4 is 11.9 Å². The molecule has 304 valence electrons. The number of hydrogen-bond acceptors (Lipinski definition) is 7. The van der Waals surface area contributed by atoms with Gasteiger partial charge in [0.1, 0.15) is 0 Å². The highest BCUT2D eigenvalue weighted by molar-refractivity contribution is 5.72. The number of carbonyl (C=O) groups excluding carboxylic acids is 2. The van der Waals surface area contributed by atoms with E-state index in [1.807, 2.05) is 0 Å². The standard InChI is InChI=1S/C41H80N2O5.C3H8/c1-5-9-13-16-25-36(24-12-8-4)40(45)47-32-21-19-28-38-34-43(30-23-31-44)35-39(42-38)29-20-22-33-48-41(46)37(26-17-14-10-6-2)27-18-15-11-7-3;1-3-2/h36-39,42,44H,5-35H2,1-4H3;3H2,1-2H3. The summed E-state index contributed by atoms with van der Waals surface area (Å²) in [5.41, 5.74) is 0. The van der Waals surface area contributed by atoms with Crippen LogP contribution in [0.2, 0.25) is 0 Å². The Bertz CT molecular complexity index is 754. The van der Waals surface area contributed by atoms with E-state index in [1.54, 1.807) is 0 Å². The van der Waals surface area contributed by atoms with Crippen molar-refractivity contribution in [3.05, 3.63) is 0 Å². The first-order chi connectivity index (χ1) is 24.9. The maximum Gasteiger partial charge on any atom is 0.308 e. The summed E-state index contributed by atoms with van der Waals surface area (Å²) in [4.78, 5) is 28.3. The van der Waals surface area contributed by atoms with Crippen LogP contribution in [0.15, 0.2) is 0 Å². The number of piperazine rings is 1. The van der Waals surface area contributed by atoms with E-state index in [9.17, 15) is 14.7 Å². The summed E-state index contributed by atoms with van der Waals surface area (Å²) >= 11 is 0. The molecule has 0 spiro atoms. The Morgan fingerprint density at radius 2 is 0.961 bits per heavy atom. The van der Waals surface area contributed by atoms with Crippen LogP contribution in [0.3, 0.4) is 0 Å². The third kappa shape index (κ3) is 28.9. The zero-order valence-electron chi connectivity index (χ0n) is 35.0. The van der Waals surface area contributed by atoms with Gasteiger partial charge in [-0.2, -0.15) is 0 Å². The summed E-state index contributed by atoms with van der Waals surface area (Å²) in [7, 11) is 0. The molecule has 1 heterocycles. The van der Waals surface area contributed by atoms with Crippen molar-refractivity contribution in [1.82, 2.24) is 10.2 Å². The van der Waals surface area contributed by atoms with Crippen LogP contribution < -0.4 is 5.32 Å². The Balaban J connectivity index is 0.00000802. The molecule has 0 aromatic carbocycles. The molecule has 0 aromatic heterocycles. The molecular formula is C44H88N2O5. The molecule has 0 aromatic rings. The van der Waals surface area contributed by atoms with Crippen molar-refractivity contribution in [2.75, 3.05) is 39.5 Å². The van der Waals surface area contributed by atoms with Crippen molar-refractivity contribution in [2.45, 2.75) is 221 Å². The zero-order valence-corrected chi connectivity index (χ0v) is 35.0. The quantitative estimate of drug-likeness (QED) is 0.0514. The van der Waals surface area contributed by atoms with Crippen molar-refractivity contribution in [3.63, 3.8) is 0 Å². The van der Waals surface area contributed by atoms with Gasteiger partial charge in [-0.15, -0.1) is 0 Å². The molecular weight excluding hydrogens is 636 g/mol. The van der Waals surface area contributed by atoms with Crippen LogP contribution in [-0.2, 0) is 19.1 Å². The Kier molecular flexibility index (Phi) is 36.3. The van der Waals surface area contributed by atoms with Gasteiger partial charge in [0.05, 0.1) is 25.0 Å². The summed E-state index contributed by atoms with van der Waals surface area (Å²) in [5.74, 6) is 0.189. The van der Waals surface area contributed by atoms with Gasteiger partial charge in [0, 0.05) is 38.3 Å². The topological polar surface area (TPSA) is 88.1 Å². The maximum atomic E-state index is 13.0. The van der Waals surface area contributed by atoms with Gasteiger partial charge in [-0.25, -0.2) is 0 Å². The molecule has 0 saturated carbocycles.